The van der Waals surface area contributed by atoms with Crippen molar-refractivity contribution in [1.29, 1.82) is 0 Å². The summed E-state index contributed by atoms with van der Waals surface area (Å²) in [6.07, 6.45) is 0.801. The second-order valence-corrected chi connectivity index (χ2v) is 5.87. The quantitative estimate of drug-likeness (QED) is 0.798. The van der Waals surface area contributed by atoms with Gasteiger partial charge in [0.15, 0.2) is 0 Å². The molecular weight excluding hydrogens is 277 g/mol. The van der Waals surface area contributed by atoms with E-state index in [1.165, 1.54) is 11.3 Å². The van der Waals surface area contributed by atoms with E-state index in [0.29, 0.717) is 5.56 Å². The van der Waals surface area contributed by atoms with Gasteiger partial charge in [0.2, 0.25) is 5.13 Å². The summed E-state index contributed by atoms with van der Waals surface area (Å²) >= 11 is 1.25. The van der Waals surface area contributed by atoms with Gasteiger partial charge >= 0.3 is 0 Å². The number of fused-ring (bicyclic) bond motifs is 1. The molecule has 1 aromatic heterocycles. The Labute approximate surface area is 120 Å². The number of anilines is 1. The van der Waals surface area contributed by atoms with Crippen LogP contribution in [0.15, 0.2) is 30.3 Å². The summed E-state index contributed by atoms with van der Waals surface area (Å²) in [4.78, 5) is 19.5. The fourth-order valence-corrected chi connectivity index (χ4v) is 3.26. The first-order chi connectivity index (χ1) is 9.65. The van der Waals surface area contributed by atoms with E-state index in [-0.39, 0.29) is 10.3 Å². The molecule has 2 heterocycles. The maximum atomic E-state index is 14.2. The number of nitrogens with zero attached hydrogens (tertiary/aromatic N) is 3. The van der Waals surface area contributed by atoms with Gasteiger partial charge in [0.1, 0.15) is 0 Å². The number of rotatable bonds is 2. The van der Waals surface area contributed by atoms with Gasteiger partial charge in [-0.25, -0.2) is 4.98 Å². The van der Waals surface area contributed by atoms with Gasteiger partial charge in [0.05, 0.1) is 5.69 Å². The lowest BCUT2D eigenvalue weighted by atomic mass is 10.2. The number of likely N-dealkylation sites (N-methyl/N-ethyl adjacent to an activating group) is 1. The minimum atomic E-state index is -0.676. The van der Waals surface area contributed by atoms with Crippen molar-refractivity contribution in [3.05, 3.63) is 46.5 Å². The normalized spacial score (nSPS) is 14.9. The van der Waals surface area contributed by atoms with E-state index in [2.05, 4.69) is 9.88 Å². The lowest BCUT2D eigenvalue weighted by Crippen LogP contribution is -2.25. The Morgan fingerprint density at radius 1 is 1.40 bits per heavy atom. The first-order valence-electron chi connectivity index (χ1n) is 6.37. The summed E-state index contributed by atoms with van der Waals surface area (Å²) in [7, 11) is 2.02. The van der Waals surface area contributed by atoms with E-state index in [4.69, 9.17) is 0 Å². The molecule has 4 nitrogen and oxygen atoms in total. The van der Waals surface area contributed by atoms with Crippen LogP contribution in [0.2, 0.25) is 0 Å². The molecule has 0 unspecified atom stereocenters. The zero-order valence-electron chi connectivity index (χ0n) is 11.0. The third-order valence-corrected chi connectivity index (χ3v) is 4.32. The monoisotopic (exact) mass is 291 g/mol. The highest BCUT2D eigenvalue weighted by molar-refractivity contribution is 7.15. The van der Waals surface area contributed by atoms with Crippen molar-refractivity contribution in [3.8, 4) is 0 Å². The maximum Gasteiger partial charge on any atom is 0.288 e. The van der Waals surface area contributed by atoms with Crippen LogP contribution in [0.3, 0.4) is 0 Å². The summed E-state index contributed by atoms with van der Waals surface area (Å²) < 4.78 is 14.2. The second-order valence-electron chi connectivity index (χ2n) is 4.81. The van der Waals surface area contributed by atoms with Crippen LogP contribution in [0.1, 0.15) is 20.9 Å². The van der Waals surface area contributed by atoms with Crippen LogP contribution in [0, 0.1) is 0 Å². The molecule has 0 radical (unpaired) electrons. The Bertz CT molecular complexity index is 629. The molecule has 0 atom stereocenters. The minimum absolute atomic E-state index is 0.124. The van der Waals surface area contributed by atoms with Gasteiger partial charge < -0.3 is 4.90 Å². The third-order valence-electron chi connectivity index (χ3n) is 3.28. The van der Waals surface area contributed by atoms with Crippen molar-refractivity contribution in [2.75, 3.05) is 18.7 Å². The zero-order valence-corrected chi connectivity index (χ0v) is 11.9. The Morgan fingerprint density at radius 3 is 2.90 bits per heavy atom. The van der Waals surface area contributed by atoms with Crippen molar-refractivity contribution in [2.45, 2.75) is 13.0 Å². The molecule has 0 N–H and O–H groups in total. The molecule has 2 aromatic rings. The van der Waals surface area contributed by atoms with Gasteiger partial charge in [-0.05, 0) is 19.2 Å². The lowest BCUT2D eigenvalue weighted by molar-refractivity contribution is 0.0931. The number of hydrogen-bond donors (Lipinski definition) is 0. The van der Waals surface area contributed by atoms with E-state index in [0.717, 1.165) is 30.1 Å². The number of carbonyl (C=O) groups is 1. The molecule has 20 heavy (non-hydrogen) atoms. The predicted molar refractivity (Wildman–Crippen MR) is 76.5 cm³/mol. The van der Waals surface area contributed by atoms with Crippen molar-refractivity contribution >= 4 is 22.4 Å². The topological polar surface area (TPSA) is 36.4 Å². The molecule has 0 saturated heterocycles. The van der Waals surface area contributed by atoms with Gasteiger partial charge in [0, 0.05) is 30.0 Å². The largest absolute Gasteiger partial charge is 0.301 e. The van der Waals surface area contributed by atoms with Gasteiger partial charge in [-0.3, -0.25) is 4.79 Å². The van der Waals surface area contributed by atoms with Gasteiger partial charge in [-0.2, -0.15) is 0 Å². The van der Waals surface area contributed by atoms with Crippen molar-refractivity contribution in [2.24, 2.45) is 0 Å². The zero-order chi connectivity index (χ0) is 14.1. The molecule has 0 aliphatic carbocycles. The summed E-state index contributed by atoms with van der Waals surface area (Å²) in [5, 5.41) is 0.275. The molecule has 0 bridgehead atoms. The Kier molecular flexibility index (Phi) is 3.50. The predicted octanol–water partition coefficient (Wildman–Crippen LogP) is 2.66. The molecule has 104 valence electrons. The number of hydrogen-bond acceptors (Lipinski definition) is 4. The number of halogens is 1. The molecule has 1 aliphatic rings. The summed E-state index contributed by atoms with van der Waals surface area (Å²) in [6.45, 7) is 1.68. The number of amides is 1. The molecular formula is C14H14FN3OS. The van der Waals surface area contributed by atoms with Crippen LogP contribution in [0.5, 0.6) is 0 Å². The van der Waals surface area contributed by atoms with Gasteiger partial charge in [-0.15, -0.1) is 5.12 Å². The molecule has 6 heteroatoms. The Hall–Kier alpha value is -1.79. The fourth-order valence-electron chi connectivity index (χ4n) is 2.17. The highest BCUT2D eigenvalue weighted by Crippen LogP contribution is 2.31. The summed E-state index contributed by atoms with van der Waals surface area (Å²) in [5.41, 5.74) is 1.23. The molecule has 1 aliphatic heterocycles. The van der Waals surface area contributed by atoms with E-state index in [9.17, 15) is 9.28 Å². The minimum Gasteiger partial charge on any atom is -0.301 e. The standard InChI is InChI=1S/C14H14FN3OS/c1-17-8-7-11-12(9-17)20-14(16-11)18(15)13(19)10-5-3-2-4-6-10/h2-6H,7-9H2,1H3. The Morgan fingerprint density at radius 2 is 2.15 bits per heavy atom. The second kappa shape index (κ2) is 5.30. The van der Waals surface area contributed by atoms with Crippen LogP contribution in [0.4, 0.5) is 9.61 Å². The molecule has 0 spiro atoms. The average Bonchev–Trinajstić information content (AvgIpc) is 2.89. The smallest absolute Gasteiger partial charge is 0.288 e. The van der Waals surface area contributed by atoms with Crippen molar-refractivity contribution in [3.63, 3.8) is 0 Å². The van der Waals surface area contributed by atoms with Crippen LogP contribution in [-0.2, 0) is 13.0 Å². The van der Waals surface area contributed by atoms with E-state index < -0.39 is 5.91 Å². The van der Waals surface area contributed by atoms with E-state index in [1.807, 2.05) is 7.05 Å². The molecule has 0 saturated carbocycles. The van der Waals surface area contributed by atoms with E-state index in [1.54, 1.807) is 30.3 Å². The SMILES string of the molecule is CN1CCc2nc(N(F)C(=O)c3ccccc3)sc2C1. The fraction of sp³-hybridized carbons (Fsp3) is 0.286. The van der Waals surface area contributed by atoms with Crippen LogP contribution < -0.4 is 5.12 Å². The van der Waals surface area contributed by atoms with Gasteiger partial charge in [0.25, 0.3) is 5.91 Å². The number of aromatic nitrogens is 1. The van der Waals surface area contributed by atoms with Crippen molar-refractivity contribution < 1.29 is 9.28 Å². The molecule has 1 amide bonds. The van der Waals surface area contributed by atoms with Gasteiger partial charge in [-0.1, -0.05) is 34.0 Å². The summed E-state index contributed by atoms with van der Waals surface area (Å²) in [5.74, 6) is -0.676. The molecule has 0 fully saturated rings. The summed E-state index contributed by atoms with van der Waals surface area (Å²) in [6, 6.07) is 8.40. The van der Waals surface area contributed by atoms with Crippen LogP contribution in [0.25, 0.3) is 0 Å². The van der Waals surface area contributed by atoms with Crippen molar-refractivity contribution in [1.82, 2.24) is 9.88 Å². The molecule has 1 aromatic carbocycles. The maximum absolute atomic E-state index is 14.2. The average molecular weight is 291 g/mol. The third kappa shape index (κ3) is 2.44. The number of thiazole rings is 1. The molecule has 3 rings (SSSR count). The number of carbonyl (C=O) groups excluding carboxylic acids is 1. The van der Waals surface area contributed by atoms with Crippen LogP contribution >= 0.6 is 11.3 Å². The number of benzene rings is 1. The van der Waals surface area contributed by atoms with Crippen LogP contribution in [-0.4, -0.2) is 29.4 Å². The Balaban J connectivity index is 1.84. The highest BCUT2D eigenvalue weighted by atomic mass is 32.1. The van der Waals surface area contributed by atoms with E-state index >= 15 is 0 Å². The first-order valence-corrected chi connectivity index (χ1v) is 7.19. The lowest BCUT2D eigenvalue weighted by Gasteiger charge is -2.20. The highest BCUT2D eigenvalue weighted by Gasteiger charge is 2.25. The first kappa shape index (κ1) is 13.2.